The molecule has 2 nitrogen and oxygen atoms in total. The molecule has 1 aliphatic rings. The number of halogens is 1. The number of aryl methyl sites for hydroxylation is 1. The summed E-state index contributed by atoms with van der Waals surface area (Å²) in [5, 5.41) is 3.33. The molecular weight excluding hydrogens is 167 g/mol. The van der Waals surface area contributed by atoms with Gasteiger partial charge in [-0.2, -0.15) is 0 Å². The molecule has 3 heteroatoms. The summed E-state index contributed by atoms with van der Waals surface area (Å²) in [6, 6.07) is 3.60. The van der Waals surface area contributed by atoms with Crippen LogP contribution < -0.4 is 5.32 Å². The molecular formula is C10H13FN2. The lowest BCUT2D eigenvalue weighted by Gasteiger charge is -2.09. The van der Waals surface area contributed by atoms with Gasteiger partial charge in [0.15, 0.2) is 0 Å². The lowest BCUT2D eigenvalue weighted by Crippen LogP contribution is -2.14. The first-order valence-corrected chi connectivity index (χ1v) is 4.64. The Bertz CT molecular complexity index is 306. The third-order valence-corrected chi connectivity index (χ3v) is 2.46. The van der Waals surface area contributed by atoms with Crippen LogP contribution in [-0.4, -0.2) is 11.5 Å². The third kappa shape index (κ3) is 1.70. The SMILES string of the molecule is Cc1nc([C@@H]2CCCN2)ccc1F. The van der Waals surface area contributed by atoms with Crippen molar-refractivity contribution in [2.24, 2.45) is 0 Å². The maximum Gasteiger partial charge on any atom is 0.144 e. The molecule has 0 saturated carbocycles. The second-order valence-corrected chi connectivity index (χ2v) is 3.45. The maximum atomic E-state index is 12.9. The second-order valence-electron chi connectivity index (χ2n) is 3.45. The summed E-state index contributed by atoms with van der Waals surface area (Å²) >= 11 is 0. The standard InChI is InChI=1S/C10H13FN2/c1-7-8(11)4-5-10(13-7)9-3-2-6-12-9/h4-5,9,12H,2-3,6H2,1H3/t9-/m0/s1. The van der Waals surface area contributed by atoms with E-state index in [2.05, 4.69) is 10.3 Å². The Morgan fingerprint density at radius 2 is 2.38 bits per heavy atom. The first kappa shape index (κ1) is 8.63. The lowest BCUT2D eigenvalue weighted by atomic mass is 10.1. The van der Waals surface area contributed by atoms with Gasteiger partial charge in [0.1, 0.15) is 5.82 Å². The van der Waals surface area contributed by atoms with Gasteiger partial charge < -0.3 is 5.32 Å². The molecule has 1 aliphatic heterocycles. The van der Waals surface area contributed by atoms with Crippen LogP contribution in [0.1, 0.15) is 30.3 Å². The molecule has 1 fully saturated rings. The van der Waals surface area contributed by atoms with Crippen LogP contribution in [0.4, 0.5) is 4.39 Å². The highest BCUT2D eigenvalue weighted by Crippen LogP contribution is 2.21. The second kappa shape index (κ2) is 3.42. The molecule has 70 valence electrons. The van der Waals surface area contributed by atoms with E-state index in [1.54, 1.807) is 13.0 Å². The normalized spacial score (nSPS) is 22.2. The fraction of sp³-hybridized carbons (Fsp3) is 0.500. The van der Waals surface area contributed by atoms with Gasteiger partial charge >= 0.3 is 0 Å². The summed E-state index contributed by atoms with van der Waals surface area (Å²) in [7, 11) is 0. The van der Waals surface area contributed by atoms with E-state index < -0.39 is 0 Å². The van der Waals surface area contributed by atoms with Crippen LogP contribution in [0.25, 0.3) is 0 Å². The summed E-state index contributed by atoms with van der Waals surface area (Å²) in [5.74, 6) is -0.221. The van der Waals surface area contributed by atoms with Crippen molar-refractivity contribution in [3.8, 4) is 0 Å². The Kier molecular flexibility index (Phi) is 2.27. The van der Waals surface area contributed by atoms with E-state index in [4.69, 9.17) is 0 Å². The highest BCUT2D eigenvalue weighted by Gasteiger charge is 2.17. The molecule has 1 aromatic rings. The lowest BCUT2D eigenvalue weighted by molar-refractivity contribution is 0.587. The van der Waals surface area contributed by atoms with Gasteiger partial charge in [-0.15, -0.1) is 0 Å². The molecule has 0 unspecified atom stereocenters. The van der Waals surface area contributed by atoms with Crippen LogP contribution in [0, 0.1) is 12.7 Å². The smallest absolute Gasteiger partial charge is 0.144 e. The number of nitrogens with zero attached hydrogens (tertiary/aromatic N) is 1. The van der Waals surface area contributed by atoms with Crippen LogP contribution >= 0.6 is 0 Å². The average molecular weight is 180 g/mol. The molecule has 0 amide bonds. The number of hydrogen-bond donors (Lipinski definition) is 1. The minimum atomic E-state index is -0.221. The fourth-order valence-corrected chi connectivity index (χ4v) is 1.69. The van der Waals surface area contributed by atoms with E-state index >= 15 is 0 Å². The van der Waals surface area contributed by atoms with Crippen molar-refractivity contribution in [1.29, 1.82) is 0 Å². The van der Waals surface area contributed by atoms with Crippen LogP contribution in [0.5, 0.6) is 0 Å². The molecule has 1 aromatic heterocycles. The minimum Gasteiger partial charge on any atom is -0.309 e. The molecule has 1 saturated heterocycles. The van der Waals surface area contributed by atoms with Gasteiger partial charge in [-0.25, -0.2) is 4.39 Å². The molecule has 2 rings (SSSR count). The highest BCUT2D eigenvalue weighted by atomic mass is 19.1. The zero-order chi connectivity index (χ0) is 9.26. The van der Waals surface area contributed by atoms with Crippen molar-refractivity contribution in [2.75, 3.05) is 6.54 Å². The Hall–Kier alpha value is -0.960. The van der Waals surface area contributed by atoms with Crippen LogP contribution in [0.3, 0.4) is 0 Å². The van der Waals surface area contributed by atoms with E-state index in [0.29, 0.717) is 11.7 Å². The number of aromatic nitrogens is 1. The number of pyridine rings is 1. The van der Waals surface area contributed by atoms with Crippen molar-refractivity contribution >= 4 is 0 Å². The molecule has 0 radical (unpaired) electrons. The van der Waals surface area contributed by atoms with E-state index in [-0.39, 0.29) is 5.82 Å². The summed E-state index contributed by atoms with van der Waals surface area (Å²) in [6.07, 6.45) is 2.29. The van der Waals surface area contributed by atoms with Gasteiger partial charge in [-0.1, -0.05) is 0 Å². The van der Waals surface area contributed by atoms with E-state index in [1.165, 1.54) is 12.5 Å². The molecule has 0 bridgehead atoms. The molecule has 0 aliphatic carbocycles. The Morgan fingerprint density at radius 3 is 3.00 bits per heavy atom. The van der Waals surface area contributed by atoms with Crippen molar-refractivity contribution in [1.82, 2.24) is 10.3 Å². The van der Waals surface area contributed by atoms with Gasteiger partial charge in [-0.3, -0.25) is 4.98 Å². The van der Waals surface area contributed by atoms with Crippen LogP contribution in [0.15, 0.2) is 12.1 Å². The van der Waals surface area contributed by atoms with Crippen molar-refractivity contribution in [3.63, 3.8) is 0 Å². The average Bonchev–Trinajstić information content (AvgIpc) is 2.62. The van der Waals surface area contributed by atoms with Gasteiger partial charge in [0, 0.05) is 6.04 Å². The molecule has 0 spiro atoms. The number of rotatable bonds is 1. The first-order valence-electron chi connectivity index (χ1n) is 4.64. The Balaban J connectivity index is 2.25. The first-order chi connectivity index (χ1) is 6.27. The van der Waals surface area contributed by atoms with Crippen LogP contribution in [0.2, 0.25) is 0 Å². The summed E-state index contributed by atoms with van der Waals surface area (Å²) in [6.45, 7) is 2.75. The number of nitrogens with one attached hydrogen (secondary N) is 1. The van der Waals surface area contributed by atoms with E-state index in [9.17, 15) is 4.39 Å². The maximum absolute atomic E-state index is 12.9. The van der Waals surface area contributed by atoms with Crippen molar-refractivity contribution in [2.45, 2.75) is 25.8 Å². The van der Waals surface area contributed by atoms with Gasteiger partial charge in [-0.05, 0) is 38.4 Å². The Morgan fingerprint density at radius 1 is 1.54 bits per heavy atom. The fourth-order valence-electron chi connectivity index (χ4n) is 1.69. The summed E-state index contributed by atoms with van der Waals surface area (Å²) in [4.78, 5) is 4.22. The third-order valence-electron chi connectivity index (χ3n) is 2.46. The quantitative estimate of drug-likeness (QED) is 0.714. The highest BCUT2D eigenvalue weighted by molar-refractivity contribution is 5.15. The predicted octanol–water partition coefficient (Wildman–Crippen LogP) is 1.95. The summed E-state index contributed by atoms with van der Waals surface area (Å²) in [5.41, 5.74) is 1.46. The van der Waals surface area contributed by atoms with E-state index in [0.717, 1.165) is 18.7 Å². The zero-order valence-corrected chi connectivity index (χ0v) is 7.68. The molecule has 1 N–H and O–H groups in total. The predicted molar refractivity (Wildman–Crippen MR) is 48.9 cm³/mol. The molecule has 1 atom stereocenters. The minimum absolute atomic E-state index is 0.221. The topological polar surface area (TPSA) is 24.9 Å². The molecule has 13 heavy (non-hydrogen) atoms. The Labute approximate surface area is 77.2 Å². The van der Waals surface area contributed by atoms with E-state index in [1.807, 2.05) is 0 Å². The van der Waals surface area contributed by atoms with Gasteiger partial charge in [0.2, 0.25) is 0 Å². The van der Waals surface area contributed by atoms with Crippen LogP contribution in [-0.2, 0) is 0 Å². The molecule has 0 aromatic carbocycles. The van der Waals surface area contributed by atoms with Gasteiger partial charge in [0.25, 0.3) is 0 Å². The molecule has 2 heterocycles. The monoisotopic (exact) mass is 180 g/mol. The zero-order valence-electron chi connectivity index (χ0n) is 7.68. The van der Waals surface area contributed by atoms with Crippen molar-refractivity contribution < 1.29 is 4.39 Å². The van der Waals surface area contributed by atoms with Crippen molar-refractivity contribution in [3.05, 3.63) is 29.3 Å². The largest absolute Gasteiger partial charge is 0.309 e. The van der Waals surface area contributed by atoms with Gasteiger partial charge in [0.05, 0.1) is 11.4 Å². The summed E-state index contributed by atoms with van der Waals surface area (Å²) < 4.78 is 12.9. The number of hydrogen-bond acceptors (Lipinski definition) is 2.